The number of anilines is 1. The molecular weight excluding hydrogens is 268 g/mol. The van der Waals surface area contributed by atoms with Gasteiger partial charge in [0.2, 0.25) is 0 Å². The monoisotopic (exact) mass is 294 g/mol. The molecule has 0 aliphatic heterocycles. The van der Waals surface area contributed by atoms with Crippen molar-refractivity contribution in [2.75, 3.05) is 38.6 Å². The number of aryl methyl sites for hydroxylation is 1. The fourth-order valence-electron chi connectivity index (χ4n) is 2.13. The van der Waals surface area contributed by atoms with Crippen molar-refractivity contribution in [3.8, 4) is 0 Å². The van der Waals surface area contributed by atoms with Crippen LogP contribution >= 0.6 is 12.2 Å². The molecule has 0 fully saturated rings. The van der Waals surface area contributed by atoms with Gasteiger partial charge in [-0.15, -0.1) is 0 Å². The Hall–Kier alpha value is -1.20. The number of hydrogen-bond donors (Lipinski definition) is 1. The van der Waals surface area contributed by atoms with Crippen molar-refractivity contribution in [2.45, 2.75) is 20.8 Å². The zero-order valence-corrected chi connectivity index (χ0v) is 14.0. The number of thiocarbonyl (C=S) groups is 1. The fraction of sp³-hybridized carbons (Fsp3) is 0.600. The summed E-state index contributed by atoms with van der Waals surface area (Å²) in [7, 11) is 4.15. The third-order valence-electron chi connectivity index (χ3n) is 3.09. The van der Waals surface area contributed by atoms with Crippen LogP contribution in [0.1, 0.15) is 25.0 Å². The number of aromatic nitrogens is 1. The average molecular weight is 294 g/mol. The van der Waals surface area contributed by atoms with Crippen LogP contribution in [-0.4, -0.2) is 48.6 Å². The smallest absolute Gasteiger partial charge is 0.139 e. The molecular formula is C15H26N4S. The normalized spacial score (nSPS) is 11.2. The molecule has 0 atom stereocenters. The molecule has 0 aliphatic carbocycles. The van der Waals surface area contributed by atoms with Crippen molar-refractivity contribution >= 4 is 23.0 Å². The molecule has 0 bridgehead atoms. The first kappa shape index (κ1) is 16.9. The number of nitrogens with zero attached hydrogens (tertiary/aromatic N) is 3. The van der Waals surface area contributed by atoms with E-state index < -0.39 is 0 Å². The molecule has 5 heteroatoms. The minimum Gasteiger partial charge on any atom is -0.389 e. The minimum atomic E-state index is 0.421. The van der Waals surface area contributed by atoms with Gasteiger partial charge >= 0.3 is 0 Å². The predicted molar refractivity (Wildman–Crippen MR) is 90.5 cm³/mol. The maximum Gasteiger partial charge on any atom is 0.139 e. The number of hydrogen-bond acceptors (Lipinski definition) is 4. The number of nitrogens with two attached hydrogens (primary N) is 1. The average Bonchev–Trinajstić information content (AvgIpc) is 2.33. The van der Waals surface area contributed by atoms with Crippen molar-refractivity contribution in [3.63, 3.8) is 0 Å². The topological polar surface area (TPSA) is 45.4 Å². The van der Waals surface area contributed by atoms with Crippen LogP contribution in [0.15, 0.2) is 12.3 Å². The van der Waals surface area contributed by atoms with E-state index in [0.29, 0.717) is 10.9 Å². The Labute approximate surface area is 128 Å². The van der Waals surface area contributed by atoms with E-state index in [2.05, 4.69) is 42.7 Å². The summed E-state index contributed by atoms with van der Waals surface area (Å²) >= 11 is 5.21. The molecule has 0 amide bonds. The van der Waals surface area contributed by atoms with E-state index >= 15 is 0 Å². The van der Waals surface area contributed by atoms with Gasteiger partial charge in [-0.2, -0.15) is 0 Å². The van der Waals surface area contributed by atoms with E-state index in [9.17, 15) is 0 Å². The second-order valence-corrected chi connectivity index (χ2v) is 6.27. The molecule has 20 heavy (non-hydrogen) atoms. The van der Waals surface area contributed by atoms with Gasteiger partial charge < -0.3 is 15.5 Å². The van der Waals surface area contributed by atoms with Crippen LogP contribution in [0.5, 0.6) is 0 Å². The van der Waals surface area contributed by atoms with Gasteiger partial charge in [-0.05, 0) is 38.6 Å². The molecule has 1 aromatic heterocycles. The second kappa shape index (κ2) is 7.55. The lowest BCUT2D eigenvalue weighted by Gasteiger charge is -2.29. The molecule has 1 heterocycles. The van der Waals surface area contributed by atoms with Crippen molar-refractivity contribution < 1.29 is 0 Å². The van der Waals surface area contributed by atoms with Crippen LogP contribution in [-0.2, 0) is 0 Å². The highest BCUT2D eigenvalue weighted by Gasteiger charge is 2.17. The van der Waals surface area contributed by atoms with Crippen LogP contribution in [0, 0.1) is 12.8 Å². The highest BCUT2D eigenvalue weighted by Crippen LogP contribution is 2.21. The number of pyridine rings is 1. The Morgan fingerprint density at radius 2 is 2.00 bits per heavy atom. The van der Waals surface area contributed by atoms with Crippen LogP contribution in [0.3, 0.4) is 0 Å². The summed E-state index contributed by atoms with van der Waals surface area (Å²) in [6, 6.07) is 1.96. The van der Waals surface area contributed by atoms with E-state index in [1.165, 1.54) is 0 Å². The maximum atomic E-state index is 5.89. The SMILES string of the molecule is Cc1ccnc(N(CCN(C)C)CC(C)C)c1C(N)=S. The Bertz CT molecular complexity index is 457. The zero-order valence-electron chi connectivity index (χ0n) is 13.2. The summed E-state index contributed by atoms with van der Waals surface area (Å²) in [6.07, 6.45) is 1.83. The third-order valence-corrected chi connectivity index (χ3v) is 3.29. The van der Waals surface area contributed by atoms with Gasteiger partial charge in [-0.3, -0.25) is 0 Å². The molecule has 0 spiro atoms. The molecule has 0 saturated heterocycles. The number of likely N-dealkylation sites (N-methyl/N-ethyl adjacent to an activating group) is 1. The molecule has 1 aromatic rings. The van der Waals surface area contributed by atoms with Crippen LogP contribution in [0.4, 0.5) is 5.82 Å². The minimum absolute atomic E-state index is 0.421. The Balaban J connectivity index is 3.12. The fourth-order valence-corrected chi connectivity index (χ4v) is 2.39. The third kappa shape index (κ3) is 4.72. The zero-order chi connectivity index (χ0) is 15.3. The van der Waals surface area contributed by atoms with Crippen molar-refractivity contribution in [1.82, 2.24) is 9.88 Å². The van der Waals surface area contributed by atoms with Crippen LogP contribution in [0.25, 0.3) is 0 Å². The van der Waals surface area contributed by atoms with E-state index in [-0.39, 0.29) is 0 Å². The molecule has 0 aliphatic rings. The van der Waals surface area contributed by atoms with Crippen LogP contribution < -0.4 is 10.6 Å². The summed E-state index contributed by atoms with van der Waals surface area (Å²) < 4.78 is 0. The highest BCUT2D eigenvalue weighted by molar-refractivity contribution is 7.80. The van der Waals surface area contributed by atoms with E-state index in [1.54, 1.807) is 0 Å². The second-order valence-electron chi connectivity index (χ2n) is 5.83. The van der Waals surface area contributed by atoms with Crippen molar-refractivity contribution in [2.24, 2.45) is 11.7 Å². The summed E-state index contributed by atoms with van der Waals surface area (Å²) in [5.41, 5.74) is 7.88. The van der Waals surface area contributed by atoms with E-state index in [0.717, 1.165) is 36.6 Å². The molecule has 112 valence electrons. The summed E-state index contributed by atoms with van der Waals surface area (Å²) in [5.74, 6) is 1.46. The lowest BCUT2D eigenvalue weighted by molar-refractivity contribution is 0.408. The largest absolute Gasteiger partial charge is 0.389 e. The van der Waals surface area contributed by atoms with E-state index in [4.69, 9.17) is 18.0 Å². The van der Waals surface area contributed by atoms with Gasteiger partial charge in [0.25, 0.3) is 0 Å². The predicted octanol–water partition coefficient (Wildman–Crippen LogP) is 2.05. The standard InChI is InChI=1S/C15H26N4S/c1-11(2)10-19(9-8-18(4)5)15-13(14(16)20)12(3)6-7-17-15/h6-7,11H,8-10H2,1-5H3,(H2,16,20). The summed E-state index contributed by atoms with van der Waals surface area (Å²) in [5, 5.41) is 0. The molecule has 0 saturated carbocycles. The molecule has 0 aromatic carbocycles. The quantitative estimate of drug-likeness (QED) is 0.780. The number of rotatable bonds is 7. The van der Waals surface area contributed by atoms with Gasteiger partial charge in [-0.1, -0.05) is 26.1 Å². The summed E-state index contributed by atoms with van der Waals surface area (Å²) in [4.78, 5) is 9.41. The lowest BCUT2D eigenvalue weighted by Crippen LogP contribution is -2.36. The molecule has 0 unspecified atom stereocenters. The first-order chi connectivity index (χ1) is 9.32. The van der Waals surface area contributed by atoms with Gasteiger partial charge in [0.15, 0.2) is 0 Å². The van der Waals surface area contributed by atoms with Crippen molar-refractivity contribution in [1.29, 1.82) is 0 Å². The molecule has 1 rings (SSSR count). The van der Waals surface area contributed by atoms with Gasteiger partial charge in [0, 0.05) is 25.8 Å². The first-order valence-corrected chi connectivity index (χ1v) is 7.38. The Kier molecular flexibility index (Phi) is 6.36. The van der Waals surface area contributed by atoms with Gasteiger partial charge in [0.1, 0.15) is 10.8 Å². The highest BCUT2D eigenvalue weighted by atomic mass is 32.1. The Morgan fingerprint density at radius 1 is 1.35 bits per heavy atom. The first-order valence-electron chi connectivity index (χ1n) is 6.98. The molecule has 4 nitrogen and oxygen atoms in total. The molecule has 0 radical (unpaired) electrons. The molecule has 2 N–H and O–H groups in total. The van der Waals surface area contributed by atoms with Crippen molar-refractivity contribution in [3.05, 3.63) is 23.4 Å². The summed E-state index contributed by atoms with van der Waals surface area (Å²) in [6.45, 7) is 9.27. The lowest BCUT2D eigenvalue weighted by atomic mass is 10.1. The Morgan fingerprint density at radius 3 is 2.50 bits per heavy atom. The van der Waals surface area contributed by atoms with Gasteiger partial charge in [0.05, 0.1) is 5.56 Å². The maximum absolute atomic E-state index is 5.89. The van der Waals surface area contributed by atoms with Crippen LogP contribution in [0.2, 0.25) is 0 Å². The van der Waals surface area contributed by atoms with Gasteiger partial charge in [-0.25, -0.2) is 4.98 Å². The van der Waals surface area contributed by atoms with E-state index in [1.807, 2.05) is 19.2 Å².